The molecule has 0 aromatic carbocycles. The fourth-order valence-corrected chi connectivity index (χ4v) is 2.06. The topological polar surface area (TPSA) is 87.1 Å². The summed E-state index contributed by atoms with van der Waals surface area (Å²) in [5.74, 6) is 0.956. The van der Waals surface area contributed by atoms with Crippen LogP contribution in [0.4, 0.5) is 0 Å². The molecule has 1 saturated heterocycles. The van der Waals surface area contributed by atoms with Crippen LogP contribution in [0.25, 0.3) is 11.5 Å². The Balaban J connectivity index is 1.87. The quantitative estimate of drug-likeness (QED) is 0.900. The maximum atomic E-state index is 5.90. The second-order valence-electron chi connectivity index (χ2n) is 4.13. The number of ether oxygens (including phenoxy) is 1. The van der Waals surface area contributed by atoms with Crippen LogP contribution in [0.5, 0.6) is 0 Å². The van der Waals surface area contributed by atoms with Gasteiger partial charge in [0.05, 0.1) is 19.1 Å². The average molecular weight is 311 g/mol. The Hall–Kier alpha value is -1.31. The van der Waals surface area contributed by atoms with E-state index >= 15 is 0 Å². The number of aromatic nitrogens is 3. The molecular weight excluding hydrogens is 300 g/mol. The first-order chi connectivity index (χ1) is 8.74. The lowest BCUT2D eigenvalue weighted by atomic mass is 10.1. The molecule has 2 aromatic heterocycles. The highest BCUT2D eigenvalue weighted by atomic mass is 79.9. The molecule has 6 nitrogen and oxygen atoms in total. The highest BCUT2D eigenvalue weighted by molar-refractivity contribution is 9.10. The number of nitrogens with two attached hydrogens (primary N) is 1. The van der Waals surface area contributed by atoms with Gasteiger partial charge in [-0.15, -0.1) is 0 Å². The van der Waals surface area contributed by atoms with Crippen LogP contribution in [0.15, 0.2) is 27.3 Å². The van der Waals surface area contributed by atoms with E-state index in [0.717, 1.165) is 4.47 Å². The smallest absolute Gasteiger partial charge is 0.234 e. The second kappa shape index (κ2) is 4.75. The molecule has 3 heterocycles. The van der Waals surface area contributed by atoms with Gasteiger partial charge in [-0.05, 0) is 28.1 Å². The normalized spacial score (nSPS) is 23.4. The van der Waals surface area contributed by atoms with Crippen molar-refractivity contribution in [1.82, 2.24) is 15.1 Å². The Morgan fingerprint density at radius 2 is 2.22 bits per heavy atom. The van der Waals surface area contributed by atoms with Gasteiger partial charge in [0, 0.05) is 16.7 Å². The molecule has 0 saturated carbocycles. The van der Waals surface area contributed by atoms with Crippen LogP contribution in [0.2, 0.25) is 0 Å². The minimum absolute atomic E-state index is 0.0262. The van der Waals surface area contributed by atoms with E-state index in [9.17, 15) is 0 Å². The van der Waals surface area contributed by atoms with Gasteiger partial charge < -0.3 is 15.0 Å². The van der Waals surface area contributed by atoms with Gasteiger partial charge in [-0.3, -0.25) is 4.98 Å². The van der Waals surface area contributed by atoms with E-state index in [2.05, 4.69) is 31.1 Å². The van der Waals surface area contributed by atoms with Crippen molar-refractivity contribution in [2.24, 2.45) is 5.73 Å². The van der Waals surface area contributed by atoms with Crippen molar-refractivity contribution in [1.29, 1.82) is 0 Å². The van der Waals surface area contributed by atoms with E-state index in [1.54, 1.807) is 6.20 Å². The number of pyridine rings is 1. The van der Waals surface area contributed by atoms with E-state index in [1.165, 1.54) is 0 Å². The molecule has 0 spiro atoms. The van der Waals surface area contributed by atoms with E-state index in [4.69, 9.17) is 15.0 Å². The van der Waals surface area contributed by atoms with Gasteiger partial charge in [-0.2, -0.15) is 4.98 Å². The largest absolute Gasteiger partial charge is 0.379 e. The van der Waals surface area contributed by atoms with Crippen molar-refractivity contribution < 1.29 is 9.26 Å². The predicted octanol–water partition coefficient (Wildman–Crippen LogP) is 1.34. The molecule has 0 aliphatic carbocycles. The summed E-state index contributed by atoms with van der Waals surface area (Å²) in [5.41, 5.74) is 6.57. The molecule has 7 heteroatoms. The molecule has 1 fully saturated rings. The van der Waals surface area contributed by atoms with E-state index in [-0.39, 0.29) is 12.0 Å². The summed E-state index contributed by atoms with van der Waals surface area (Å²) < 4.78 is 11.4. The lowest BCUT2D eigenvalue weighted by Gasteiger charge is -2.06. The zero-order valence-corrected chi connectivity index (χ0v) is 11.0. The number of rotatable bonds is 2. The highest BCUT2D eigenvalue weighted by Gasteiger charge is 2.31. The molecular formula is C11H11BrN4O2. The Morgan fingerprint density at radius 3 is 2.89 bits per heavy atom. The van der Waals surface area contributed by atoms with Crippen molar-refractivity contribution in [3.8, 4) is 11.5 Å². The van der Waals surface area contributed by atoms with Gasteiger partial charge in [0.2, 0.25) is 11.7 Å². The predicted molar refractivity (Wildman–Crippen MR) is 66.8 cm³/mol. The molecule has 0 amide bonds. The Labute approximate surface area is 112 Å². The standard InChI is InChI=1S/C11H11BrN4O2/c12-6-1-2-9(14-3-6)10-15-11(18-16-10)7-4-17-5-8(7)13/h1-3,7-8H,4-5,13H2. The maximum absolute atomic E-state index is 5.90. The van der Waals surface area contributed by atoms with Crippen molar-refractivity contribution >= 4 is 15.9 Å². The molecule has 94 valence electrons. The summed E-state index contributed by atoms with van der Waals surface area (Å²) in [4.78, 5) is 8.54. The zero-order chi connectivity index (χ0) is 12.5. The van der Waals surface area contributed by atoms with Crippen LogP contribution >= 0.6 is 15.9 Å². The van der Waals surface area contributed by atoms with E-state index in [0.29, 0.717) is 30.6 Å². The van der Waals surface area contributed by atoms with Crippen molar-refractivity contribution in [3.05, 3.63) is 28.7 Å². The Morgan fingerprint density at radius 1 is 1.33 bits per heavy atom. The fourth-order valence-electron chi connectivity index (χ4n) is 1.82. The average Bonchev–Trinajstić information content (AvgIpc) is 2.98. The van der Waals surface area contributed by atoms with Gasteiger partial charge in [0.1, 0.15) is 5.69 Å². The van der Waals surface area contributed by atoms with Gasteiger partial charge >= 0.3 is 0 Å². The third-order valence-electron chi connectivity index (χ3n) is 2.84. The molecule has 1 aliphatic heterocycles. The van der Waals surface area contributed by atoms with E-state index < -0.39 is 0 Å². The summed E-state index contributed by atoms with van der Waals surface area (Å²) in [6.07, 6.45) is 1.69. The van der Waals surface area contributed by atoms with Crippen LogP contribution in [0.1, 0.15) is 11.8 Å². The lowest BCUT2D eigenvalue weighted by molar-refractivity contribution is 0.187. The SMILES string of the molecule is NC1COCC1c1nc(-c2ccc(Br)cn2)no1. The second-order valence-corrected chi connectivity index (χ2v) is 5.04. The summed E-state index contributed by atoms with van der Waals surface area (Å²) in [7, 11) is 0. The number of halogens is 1. The molecule has 2 atom stereocenters. The van der Waals surface area contributed by atoms with Gasteiger partial charge in [0.15, 0.2) is 0 Å². The first-order valence-electron chi connectivity index (χ1n) is 5.53. The number of hydrogen-bond donors (Lipinski definition) is 1. The Kier molecular flexibility index (Phi) is 3.11. The minimum Gasteiger partial charge on any atom is -0.379 e. The van der Waals surface area contributed by atoms with Crippen LogP contribution in [0, 0.1) is 0 Å². The summed E-state index contributed by atoms with van der Waals surface area (Å²) >= 11 is 3.33. The molecule has 2 unspecified atom stereocenters. The maximum Gasteiger partial charge on any atom is 0.234 e. The first kappa shape index (κ1) is 11.8. The molecule has 2 N–H and O–H groups in total. The van der Waals surface area contributed by atoms with Crippen LogP contribution in [0.3, 0.4) is 0 Å². The minimum atomic E-state index is -0.0869. The van der Waals surface area contributed by atoms with Crippen molar-refractivity contribution in [2.45, 2.75) is 12.0 Å². The first-order valence-corrected chi connectivity index (χ1v) is 6.32. The van der Waals surface area contributed by atoms with Crippen LogP contribution < -0.4 is 5.73 Å². The summed E-state index contributed by atoms with van der Waals surface area (Å²) in [5, 5.41) is 3.92. The summed E-state index contributed by atoms with van der Waals surface area (Å²) in [6, 6.07) is 3.61. The van der Waals surface area contributed by atoms with Crippen molar-refractivity contribution in [2.75, 3.05) is 13.2 Å². The Bertz CT molecular complexity index is 542. The number of hydrogen-bond acceptors (Lipinski definition) is 6. The van der Waals surface area contributed by atoms with Gasteiger partial charge in [-0.1, -0.05) is 5.16 Å². The van der Waals surface area contributed by atoms with Gasteiger partial charge in [-0.25, -0.2) is 0 Å². The van der Waals surface area contributed by atoms with E-state index in [1.807, 2.05) is 12.1 Å². The molecule has 0 radical (unpaired) electrons. The third kappa shape index (κ3) is 2.16. The molecule has 1 aliphatic rings. The number of nitrogens with zero attached hydrogens (tertiary/aromatic N) is 3. The van der Waals surface area contributed by atoms with Crippen LogP contribution in [-0.4, -0.2) is 34.4 Å². The third-order valence-corrected chi connectivity index (χ3v) is 3.31. The van der Waals surface area contributed by atoms with Gasteiger partial charge in [0.25, 0.3) is 0 Å². The molecule has 0 bridgehead atoms. The van der Waals surface area contributed by atoms with Crippen molar-refractivity contribution in [3.63, 3.8) is 0 Å². The molecule has 3 rings (SSSR count). The zero-order valence-electron chi connectivity index (χ0n) is 9.41. The summed E-state index contributed by atoms with van der Waals surface area (Å²) in [6.45, 7) is 1.05. The highest BCUT2D eigenvalue weighted by Crippen LogP contribution is 2.25. The lowest BCUT2D eigenvalue weighted by Crippen LogP contribution is -2.26. The fraction of sp³-hybridized carbons (Fsp3) is 0.364. The van der Waals surface area contributed by atoms with Crippen LogP contribution in [-0.2, 0) is 4.74 Å². The monoisotopic (exact) mass is 310 g/mol. The molecule has 18 heavy (non-hydrogen) atoms. The molecule has 2 aromatic rings.